The maximum Gasteiger partial charge on any atom is 0.416 e. The Morgan fingerprint density at radius 2 is 1.89 bits per heavy atom. The van der Waals surface area contributed by atoms with Crippen LogP contribution < -0.4 is 5.73 Å². The van der Waals surface area contributed by atoms with E-state index in [-0.39, 0.29) is 0 Å². The molecule has 2 rings (SSSR count). The average Bonchev–Trinajstić information content (AvgIpc) is 2.23. The van der Waals surface area contributed by atoms with Gasteiger partial charge in [0.25, 0.3) is 0 Å². The lowest BCUT2D eigenvalue weighted by molar-refractivity contribution is -0.137. The van der Waals surface area contributed by atoms with Crippen molar-refractivity contribution in [3.63, 3.8) is 0 Å². The van der Waals surface area contributed by atoms with E-state index in [9.17, 15) is 13.2 Å². The molecule has 1 aliphatic carbocycles. The zero-order valence-electron chi connectivity index (χ0n) is 10.6. The zero-order chi connectivity index (χ0) is 13.6. The third kappa shape index (κ3) is 2.39. The Morgan fingerprint density at radius 3 is 2.39 bits per heavy atom. The maximum absolute atomic E-state index is 12.6. The summed E-state index contributed by atoms with van der Waals surface area (Å²) in [6, 6.07) is 5.42. The molecule has 1 aromatic carbocycles. The maximum atomic E-state index is 12.6. The first-order chi connectivity index (χ1) is 8.22. The van der Waals surface area contributed by atoms with Crippen LogP contribution in [0.3, 0.4) is 0 Å². The highest BCUT2D eigenvalue weighted by Gasteiger charge is 2.44. The van der Waals surface area contributed by atoms with Gasteiger partial charge in [-0.1, -0.05) is 26.0 Å². The van der Waals surface area contributed by atoms with E-state index >= 15 is 0 Å². The van der Waals surface area contributed by atoms with Crippen molar-refractivity contribution in [2.24, 2.45) is 17.6 Å². The number of alkyl halides is 3. The van der Waals surface area contributed by atoms with Crippen LogP contribution in [0.5, 0.6) is 0 Å². The monoisotopic (exact) mass is 257 g/mol. The van der Waals surface area contributed by atoms with Crippen molar-refractivity contribution in [1.82, 2.24) is 0 Å². The molecule has 0 aromatic heterocycles. The standard InChI is InChI=1S/C14H18F3N/c1-9(2)10-7-13(18,8-10)11-4-3-5-12(6-11)14(15,16)17/h3-6,9-10H,7-8,18H2,1-2H3. The van der Waals surface area contributed by atoms with Crippen molar-refractivity contribution in [1.29, 1.82) is 0 Å². The molecule has 0 amide bonds. The van der Waals surface area contributed by atoms with Crippen molar-refractivity contribution in [2.75, 3.05) is 0 Å². The number of rotatable bonds is 2. The second kappa shape index (κ2) is 4.26. The Labute approximate surface area is 105 Å². The van der Waals surface area contributed by atoms with Crippen LogP contribution in [0.1, 0.15) is 37.8 Å². The molecule has 1 aromatic rings. The summed E-state index contributed by atoms with van der Waals surface area (Å²) >= 11 is 0. The van der Waals surface area contributed by atoms with E-state index in [4.69, 9.17) is 5.73 Å². The van der Waals surface area contributed by atoms with Gasteiger partial charge in [-0.05, 0) is 42.4 Å². The highest BCUT2D eigenvalue weighted by molar-refractivity contribution is 5.33. The molecule has 1 nitrogen and oxygen atoms in total. The highest BCUT2D eigenvalue weighted by atomic mass is 19.4. The summed E-state index contributed by atoms with van der Waals surface area (Å²) in [6.07, 6.45) is -2.76. The first kappa shape index (κ1) is 13.4. The summed E-state index contributed by atoms with van der Waals surface area (Å²) in [4.78, 5) is 0. The molecule has 100 valence electrons. The van der Waals surface area contributed by atoms with Gasteiger partial charge in [-0.3, -0.25) is 0 Å². The fraction of sp³-hybridized carbons (Fsp3) is 0.571. The zero-order valence-corrected chi connectivity index (χ0v) is 10.6. The number of benzene rings is 1. The van der Waals surface area contributed by atoms with Crippen molar-refractivity contribution in [2.45, 2.75) is 38.4 Å². The molecule has 0 spiro atoms. The molecule has 0 saturated heterocycles. The number of halogens is 3. The molecule has 1 aliphatic rings. The third-order valence-corrected chi connectivity index (χ3v) is 3.96. The Bertz CT molecular complexity index is 431. The van der Waals surface area contributed by atoms with E-state index in [2.05, 4.69) is 13.8 Å². The largest absolute Gasteiger partial charge is 0.416 e. The molecule has 0 heterocycles. The van der Waals surface area contributed by atoms with Crippen LogP contribution in [0.15, 0.2) is 24.3 Å². The topological polar surface area (TPSA) is 26.0 Å². The number of nitrogens with two attached hydrogens (primary N) is 1. The lowest BCUT2D eigenvalue weighted by atomic mass is 9.62. The van der Waals surface area contributed by atoms with Gasteiger partial charge in [-0.15, -0.1) is 0 Å². The van der Waals surface area contributed by atoms with Gasteiger partial charge in [0.05, 0.1) is 5.56 Å². The van der Waals surface area contributed by atoms with E-state index in [1.807, 2.05) is 0 Å². The number of hydrogen-bond donors (Lipinski definition) is 1. The summed E-state index contributed by atoms with van der Waals surface area (Å²) in [5, 5.41) is 0. The first-order valence-corrected chi connectivity index (χ1v) is 6.19. The fourth-order valence-corrected chi connectivity index (χ4v) is 2.59. The average molecular weight is 257 g/mol. The minimum absolute atomic E-state index is 0.518. The molecule has 0 bridgehead atoms. The lowest BCUT2D eigenvalue weighted by Gasteiger charge is -2.47. The molecule has 1 saturated carbocycles. The summed E-state index contributed by atoms with van der Waals surface area (Å²) in [7, 11) is 0. The van der Waals surface area contributed by atoms with Gasteiger partial charge in [0.1, 0.15) is 0 Å². The summed E-state index contributed by atoms with van der Waals surface area (Å²) < 4.78 is 37.9. The van der Waals surface area contributed by atoms with E-state index in [1.165, 1.54) is 12.1 Å². The Morgan fingerprint density at radius 1 is 1.28 bits per heavy atom. The molecular formula is C14H18F3N. The van der Waals surface area contributed by atoms with Crippen LogP contribution in [0, 0.1) is 11.8 Å². The molecule has 1 fully saturated rings. The predicted octanol–water partition coefficient (Wildman–Crippen LogP) is 3.93. The Hall–Kier alpha value is -1.03. The fourth-order valence-electron chi connectivity index (χ4n) is 2.59. The van der Waals surface area contributed by atoms with Gasteiger partial charge in [0, 0.05) is 5.54 Å². The summed E-state index contributed by atoms with van der Waals surface area (Å²) in [5.74, 6) is 1.05. The second-order valence-electron chi connectivity index (χ2n) is 5.65. The summed E-state index contributed by atoms with van der Waals surface area (Å²) in [5.41, 5.74) is 5.62. The minimum Gasteiger partial charge on any atom is -0.321 e. The van der Waals surface area contributed by atoms with Crippen LogP contribution in [0.25, 0.3) is 0 Å². The Balaban J connectivity index is 2.20. The molecule has 18 heavy (non-hydrogen) atoms. The molecule has 0 aliphatic heterocycles. The minimum atomic E-state index is -4.30. The van der Waals surface area contributed by atoms with Gasteiger partial charge in [-0.25, -0.2) is 0 Å². The molecule has 0 radical (unpaired) electrons. The van der Waals surface area contributed by atoms with Gasteiger partial charge < -0.3 is 5.73 Å². The van der Waals surface area contributed by atoms with E-state index in [1.54, 1.807) is 6.07 Å². The predicted molar refractivity (Wildman–Crippen MR) is 64.9 cm³/mol. The van der Waals surface area contributed by atoms with E-state index in [0.29, 0.717) is 17.4 Å². The first-order valence-electron chi connectivity index (χ1n) is 6.19. The molecule has 2 N–H and O–H groups in total. The van der Waals surface area contributed by atoms with Gasteiger partial charge in [0.15, 0.2) is 0 Å². The Kier molecular flexibility index (Phi) is 3.18. The van der Waals surface area contributed by atoms with E-state index in [0.717, 1.165) is 18.9 Å². The van der Waals surface area contributed by atoms with E-state index < -0.39 is 17.3 Å². The van der Waals surface area contributed by atoms with Gasteiger partial charge in [-0.2, -0.15) is 13.2 Å². The van der Waals surface area contributed by atoms with Crippen molar-refractivity contribution < 1.29 is 13.2 Å². The SMILES string of the molecule is CC(C)C1CC(N)(c2cccc(C(F)(F)F)c2)C1. The molecule has 0 atom stereocenters. The summed E-state index contributed by atoms with van der Waals surface area (Å²) in [6.45, 7) is 4.24. The van der Waals surface area contributed by atoms with Gasteiger partial charge >= 0.3 is 6.18 Å². The normalized spacial score (nSPS) is 28.3. The van der Waals surface area contributed by atoms with Crippen molar-refractivity contribution in [3.05, 3.63) is 35.4 Å². The second-order valence-corrected chi connectivity index (χ2v) is 5.65. The highest BCUT2D eigenvalue weighted by Crippen LogP contribution is 2.47. The van der Waals surface area contributed by atoms with Crippen LogP contribution >= 0.6 is 0 Å². The van der Waals surface area contributed by atoms with Crippen LogP contribution in [0.4, 0.5) is 13.2 Å². The van der Waals surface area contributed by atoms with Crippen LogP contribution in [0.2, 0.25) is 0 Å². The molecular weight excluding hydrogens is 239 g/mol. The molecule has 4 heteroatoms. The third-order valence-electron chi connectivity index (χ3n) is 3.96. The number of hydrogen-bond acceptors (Lipinski definition) is 1. The lowest BCUT2D eigenvalue weighted by Crippen LogP contribution is -2.50. The van der Waals surface area contributed by atoms with Gasteiger partial charge in [0.2, 0.25) is 0 Å². The smallest absolute Gasteiger partial charge is 0.321 e. The van der Waals surface area contributed by atoms with Crippen LogP contribution in [-0.2, 0) is 11.7 Å². The van der Waals surface area contributed by atoms with Crippen molar-refractivity contribution in [3.8, 4) is 0 Å². The van der Waals surface area contributed by atoms with Crippen LogP contribution in [-0.4, -0.2) is 0 Å². The van der Waals surface area contributed by atoms with Crippen molar-refractivity contribution >= 4 is 0 Å². The quantitative estimate of drug-likeness (QED) is 0.853. The molecule has 0 unspecified atom stereocenters.